The van der Waals surface area contributed by atoms with Crippen LogP contribution in [0.25, 0.3) is 0 Å². The quantitative estimate of drug-likeness (QED) is 0.720. The molecule has 0 bridgehead atoms. The summed E-state index contributed by atoms with van der Waals surface area (Å²) in [5, 5.41) is 6.22. The van der Waals surface area contributed by atoms with E-state index in [1.165, 1.54) is 0 Å². The van der Waals surface area contributed by atoms with Crippen LogP contribution < -0.4 is 20.1 Å². The summed E-state index contributed by atoms with van der Waals surface area (Å²) in [7, 11) is 1.64. The number of hydrogen-bond donors (Lipinski definition) is 2. The number of carbonyl (C=O) groups excluding carboxylic acids is 1. The molecule has 0 spiro atoms. The van der Waals surface area contributed by atoms with Crippen molar-refractivity contribution in [1.29, 1.82) is 0 Å². The van der Waals surface area contributed by atoms with Gasteiger partial charge in [-0.3, -0.25) is 0 Å². The van der Waals surface area contributed by atoms with Crippen LogP contribution in [0.2, 0.25) is 5.02 Å². The molecule has 0 atom stereocenters. The molecule has 0 saturated carbocycles. The fourth-order valence-corrected chi connectivity index (χ4v) is 2.20. The monoisotopic (exact) mass is 348 g/mol. The van der Waals surface area contributed by atoms with Gasteiger partial charge in [-0.2, -0.15) is 0 Å². The molecular formula is C18H21ClN2O3. The van der Waals surface area contributed by atoms with Crippen molar-refractivity contribution in [3.8, 4) is 11.5 Å². The highest BCUT2D eigenvalue weighted by Gasteiger charge is 2.01. The first-order valence-corrected chi connectivity index (χ1v) is 8.08. The van der Waals surface area contributed by atoms with Gasteiger partial charge in [0.25, 0.3) is 0 Å². The molecule has 0 radical (unpaired) electrons. The van der Waals surface area contributed by atoms with Crippen molar-refractivity contribution in [2.45, 2.75) is 6.42 Å². The summed E-state index contributed by atoms with van der Waals surface area (Å²) >= 11 is 5.80. The molecule has 2 aromatic carbocycles. The first-order chi connectivity index (χ1) is 11.7. The molecule has 6 heteroatoms. The molecule has 2 rings (SSSR count). The van der Waals surface area contributed by atoms with E-state index in [0.717, 1.165) is 23.5 Å². The van der Waals surface area contributed by atoms with E-state index < -0.39 is 0 Å². The molecule has 0 unspecified atom stereocenters. The fraction of sp³-hybridized carbons (Fsp3) is 0.278. The Kier molecular flexibility index (Phi) is 7.23. The molecule has 128 valence electrons. The van der Waals surface area contributed by atoms with Crippen LogP contribution in [0.3, 0.4) is 0 Å². The number of nitrogens with one attached hydrogen (secondary N) is 2. The number of ether oxygens (including phenoxy) is 2. The molecule has 5 nitrogen and oxygen atoms in total. The summed E-state index contributed by atoms with van der Waals surface area (Å²) in [6.45, 7) is 1.37. The van der Waals surface area contributed by atoms with Gasteiger partial charge in [0.2, 0.25) is 0 Å². The van der Waals surface area contributed by atoms with E-state index in [-0.39, 0.29) is 6.03 Å². The van der Waals surface area contributed by atoms with Crippen molar-refractivity contribution >= 4 is 17.6 Å². The zero-order valence-electron chi connectivity index (χ0n) is 13.5. The van der Waals surface area contributed by atoms with E-state index in [1.54, 1.807) is 31.4 Å². The van der Waals surface area contributed by atoms with Crippen LogP contribution in [0.5, 0.6) is 11.5 Å². The topological polar surface area (TPSA) is 59.6 Å². The van der Waals surface area contributed by atoms with Crippen LogP contribution in [0.1, 0.15) is 5.56 Å². The smallest absolute Gasteiger partial charge is 0.314 e. The van der Waals surface area contributed by atoms with Crippen LogP contribution in [-0.2, 0) is 6.42 Å². The van der Waals surface area contributed by atoms with E-state index >= 15 is 0 Å². The molecule has 2 amide bonds. The molecule has 0 saturated heterocycles. The Morgan fingerprint density at radius 2 is 1.79 bits per heavy atom. The zero-order valence-corrected chi connectivity index (χ0v) is 14.3. The van der Waals surface area contributed by atoms with Crippen LogP contribution in [0.15, 0.2) is 48.5 Å². The number of methoxy groups -OCH3 is 1. The molecule has 0 aliphatic heterocycles. The number of hydrogen-bond acceptors (Lipinski definition) is 3. The van der Waals surface area contributed by atoms with Gasteiger partial charge < -0.3 is 20.1 Å². The third kappa shape index (κ3) is 6.38. The second-order valence-corrected chi connectivity index (χ2v) is 5.52. The highest BCUT2D eigenvalue weighted by atomic mass is 35.5. The summed E-state index contributed by atoms with van der Waals surface area (Å²) in [6.07, 6.45) is 0.742. The Hall–Kier alpha value is -2.40. The van der Waals surface area contributed by atoms with E-state index in [4.69, 9.17) is 21.1 Å². The summed E-state index contributed by atoms with van der Waals surface area (Å²) in [5.41, 5.74) is 1.11. The van der Waals surface area contributed by atoms with Crippen LogP contribution in [0.4, 0.5) is 4.79 Å². The van der Waals surface area contributed by atoms with E-state index in [0.29, 0.717) is 24.7 Å². The van der Waals surface area contributed by atoms with Gasteiger partial charge in [-0.25, -0.2) is 4.79 Å². The SMILES string of the molecule is COc1cccc(CCNC(=O)NCCOc2ccc(Cl)cc2)c1. The Bertz CT molecular complexity index is 647. The number of rotatable bonds is 8. The number of amides is 2. The molecule has 0 fully saturated rings. The zero-order chi connectivity index (χ0) is 17.2. The summed E-state index contributed by atoms with van der Waals surface area (Å²) in [4.78, 5) is 11.7. The van der Waals surface area contributed by atoms with Gasteiger partial charge in [0.1, 0.15) is 18.1 Å². The van der Waals surface area contributed by atoms with Gasteiger partial charge in [0.05, 0.1) is 13.7 Å². The highest BCUT2D eigenvalue weighted by Crippen LogP contribution is 2.15. The van der Waals surface area contributed by atoms with Crippen LogP contribution in [0, 0.1) is 0 Å². The minimum absolute atomic E-state index is 0.211. The lowest BCUT2D eigenvalue weighted by Gasteiger charge is -2.09. The minimum atomic E-state index is -0.211. The maximum atomic E-state index is 11.7. The summed E-state index contributed by atoms with van der Waals surface area (Å²) < 4.78 is 10.7. The van der Waals surface area contributed by atoms with Crippen LogP contribution in [-0.4, -0.2) is 32.8 Å². The largest absolute Gasteiger partial charge is 0.497 e. The summed E-state index contributed by atoms with van der Waals surface area (Å²) in [5.74, 6) is 1.54. The summed E-state index contributed by atoms with van der Waals surface area (Å²) in [6, 6.07) is 14.7. The average molecular weight is 349 g/mol. The second kappa shape index (κ2) is 9.67. The van der Waals surface area contributed by atoms with E-state index in [2.05, 4.69) is 10.6 Å². The Morgan fingerprint density at radius 3 is 2.54 bits per heavy atom. The molecule has 2 aromatic rings. The number of carbonyl (C=O) groups is 1. The van der Waals surface area contributed by atoms with Crippen LogP contribution >= 0.6 is 11.6 Å². The number of halogens is 1. The van der Waals surface area contributed by atoms with Crippen molar-refractivity contribution in [3.05, 3.63) is 59.1 Å². The minimum Gasteiger partial charge on any atom is -0.497 e. The molecule has 0 aliphatic rings. The lowest BCUT2D eigenvalue weighted by Crippen LogP contribution is -2.38. The number of benzene rings is 2. The first-order valence-electron chi connectivity index (χ1n) is 7.70. The Balaban J connectivity index is 1.58. The second-order valence-electron chi connectivity index (χ2n) is 5.09. The molecular weight excluding hydrogens is 328 g/mol. The molecule has 0 heterocycles. The van der Waals surface area contributed by atoms with Gasteiger partial charge in [-0.1, -0.05) is 23.7 Å². The molecule has 2 N–H and O–H groups in total. The van der Waals surface area contributed by atoms with Crippen molar-refractivity contribution in [2.24, 2.45) is 0 Å². The van der Waals surface area contributed by atoms with Gasteiger partial charge in [0, 0.05) is 11.6 Å². The van der Waals surface area contributed by atoms with Crippen molar-refractivity contribution < 1.29 is 14.3 Å². The maximum Gasteiger partial charge on any atom is 0.314 e. The predicted molar refractivity (Wildman–Crippen MR) is 95.0 cm³/mol. The molecule has 0 aliphatic carbocycles. The van der Waals surface area contributed by atoms with Gasteiger partial charge in [-0.15, -0.1) is 0 Å². The predicted octanol–water partition coefficient (Wildman–Crippen LogP) is 3.27. The van der Waals surface area contributed by atoms with Gasteiger partial charge in [0.15, 0.2) is 0 Å². The normalized spacial score (nSPS) is 10.1. The lowest BCUT2D eigenvalue weighted by atomic mass is 10.1. The first kappa shape index (κ1) is 17.9. The molecule has 0 aromatic heterocycles. The van der Waals surface area contributed by atoms with E-state index in [1.807, 2.05) is 24.3 Å². The number of urea groups is 1. The Labute approximate surface area is 146 Å². The fourth-order valence-electron chi connectivity index (χ4n) is 2.08. The van der Waals surface area contributed by atoms with Crippen molar-refractivity contribution in [3.63, 3.8) is 0 Å². The lowest BCUT2D eigenvalue weighted by molar-refractivity contribution is 0.236. The van der Waals surface area contributed by atoms with Gasteiger partial charge >= 0.3 is 6.03 Å². The highest BCUT2D eigenvalue weighted by molar-refractivity contribution is 6.30. The Morgan fingerprint density at radius 1 is 1.04 bits per heavy atom. The third-order valence-electron chi connectivity index (χ3n) is 3.30. The van der Waals surface area contributed by atoms with E-state index in [9.17, 15) is 4.79 Å². The average Bonchev–Trinajstić information content (AvgIpc) is 2.60. The standard InChI is InChI=1S/C18H21ClN2O3/c1-23-17-4-2-3-14(13-17)9-10-20-18(22)21-11-12-24-16-7-5-15(19)6-8-16/h2-8,13H,9-12H2,1H3,(H2,20,21,22). The van der Waals surface area contributed by atoms with Crippen molar-refractivity contribution in [2.75, 3.05) is 26.8 Å². The van der Waals surface area contributed by atoms with Crippen molar-refractivity contribution in [1.82, 2.24) is 10.6 Å². The molecule has 24 heavy (non-hydrogen) atoms. The maximum absolute atomic E-state index is 11.7. The van der Waals surface area contributed by atoms with Gasteiger partial charge in [-0.05, 0) is 48.4 Å². The third-order valence-corrected chi connectivity index (χ3v) is 3.56.